The summed E-state index contributed by atoms with van der Waals surface area (Å²) in [5.41, 5.74) is 2.07. The Morgan fingerprint density at radius 3 is 3.00 bits per heavy atom. The van der Waals surface area contributed by atoms with E-state index >= 15 is 0 Å². The number of hydrogen-bond donors (Lipinski definition) is 1. The third-order valence-corrected chi connectivity index (χ3v) is 2.16. The largest absolute Gasteiger partial charge is 0.464 e. The molecule has 1 heterocycles. The molecule has 0 bridgehead atoms. The van der Waals surface area contributed by atoms with Crippen molar-refractivity contribution in [2.24, 2.45) is 0 Å². The maximum absolute atomic E-state index is 5.53. The molecule has 0 radical (unpaired) electrons. The smallest absolute Gasteiger partial charge is 0.134 e. The maximum atomic E-state index is 5.53. The van der Waals surface area contributed by atoms with Gasteiger partial charge in [-0.3, -0.25) is 5.32 Å². The molecule has 68 valence electrons. The van der Waals surface area contributed by atoms with Gasteiger partial charge in [0.05, 0.1) is 12.3 Å². The van der Waals surface area contributed by atoms with E-state index in [4.69, 9.17) is 16.0 Å². The van der Waals surface area contributed by atoms with Crippen LogP contribution in [-0.2, 0) is 6.54 Å². The highest BCUT2D eigenvalue weighted by Crippen LogP contribution is 2.20. The van der Waals surface area contributed by atoms with E-state index in [-0.39, 0.29) is 0 Å². The molecular weight excluding hydrogens is 186 g/mol. The molecule has 0 atom stereocenters. The van der Waals surface area contributed by atoms with Crippen LogP contribution in [0, 0.1) is 0 Å². The Morgan fingerprint density at radius 2 is 2.15 bits per heavy atom. The van der Waals surface area contributed by atoms with Crippen LogP contribution in [0.5, 0.6) is 0 Å². The topological polar surface area (TPSA) is 25.2 Å². The molecule has 3 heteroatoms. The van der Waals surface area contributed by atoms with Crippen molar-refractivity contribution >= 4 is 22.6 Å². The highest BCUT2D eigenvalue weighted by atomic mass is 35.5. The molecule has 0 aliphatic rings. The normalized spacial score (nSPS) is 10.8. The summed E-state index contributed by atoms with van der Waals surface area (Å²) in [6, 6.07) is 8.43. The molecule has 0 spiro atoms. The SMILES string of the molecule is ClCNCc1coc2ccccc12. The minimum absolute atomic E-state index is 0.458. The highest BCUT2D eigenvalue weighted by molar-refractivity contribution is 6.17. The first-order valence-corrected chi connectivity index (χ1v) is 4.67. The second-order valence-electron chi connectivity index (χ2n) is 2.82. The van der Waals surface area contributed by atoms with Gasteiger partial charge in [0.2, 0.25) is 0 Å². The van der Waals surface area contributed by atoms with Gasteiger partial charge in [-0.1, -0.05) is 18.2 Å². The van der Waals surface area contributed by atoms with Gasteiger partial charge in [-0.2, -0.15) is 0 Å². The molecule has 2 aromatic rings. The van der Waals surface area contributed by atoms with Crippen molar-refractivity contribution in [1.82, 2.24) is 5.32 Å². The van der Waals surface area contributed by atoms with Crippen LogP contribution in [-0.4, -0.2) is 6.00 Å². The van der Waals surface area contributed by atoms with Crippen LogP contribution >= 0.6 is 11.6 Å². The second kappa shape index (κ2) is 3.81. The average Bonchev–Trinajstić information content (AvgIpc) is 2.58. The lowest BCUT2D eigenvalue weighted by molar-refractivity contribution is 0.607. The zero-order valence-electron chi connectivity index (χ0n) is 7.09. The van der Waals surface area contributed by atoms with E-state index < -0.39 is 0 Å². The summed E-state index contributed by atoms with van der Waals surface area (Å²) < 4.78 is 5.36. The van der Waals surface area contributed by atoms with E-state index in [0.717, 1.165) is 23.1 Å². The van der Waals surface area contributed by atoms with Crippen LogP contribution in [0.3, 0.4) is 0 Å². The maximum Gasteiger partial charge on any atom is 0.134 e. The molecule has 2 rings (SSSR count). The molecular formula is C10H10ClNO. The van der Waals surface area contributed by atoms with Crippen molar-refractivity contribution in [1.29, 1.82) is 0 Å². The fourth-order valence-electron chi connectivity index (χ4n) is 1.35. The van der Waals surface area contributed by atoms with Gasteiger partial charge in [0.15, 0.2) is 0 Å². The summed E-state index contributed by atoms with van der Waals surface area (Å²) in [4.78, 5) is 0. The molecule has 1 aromatic carbocycles. The predicted octanol–water partition coefficient (Wildman–Crippen LogP) is 2.72. The van der Waals surface area contributed by atoms with Gasteiger partial charge in [0.1, 0.15) is 5.58 Å². The van der Waals surface area contributed by atoms with Gasteiger partial charge < -0.3 is 4.42 Å². The van der Waals surface area contributed by atoms with Crippen LogP contribution in [0.2, 0.25) is 0 Å². The van der Waals surface area contributed by atoms with Crippen LogP contribution < -0.4 is 5.32 Å². The van der Waals surface area contributed by atoms with Gasteiger partial charge in [0.25, 0.3) is 0 Å². The minimum Gasteiger partial charge on any atom is -0.464 e. The van der Waals surface area contributed by atoms with E-state index in [1.54, 1.807) is 6.26 Å². The molecule has 0 aliphatic heterocycles. The first-order valence-electron chi connectivity index (χ1n) is 4.13. The van der Waals surface area contributed by atoms with Crippen molar-refractivity contribution in [3.05, 3.63) is 36.1 Å². The minimum atomic E-state index is 0.458. The highest BCUT2D eigenvalue weighted by Gasteiger charge is 2.02. The fraction of sp³-hybridized carbons (Fsp3) is 0.200. The van der Waals surface area contributed by atoms with Gasteiger partial charge in [0, 0.05) is 17.5 Å². The zero-order valence-corrected chi connectivity index (χ0v) is 7.84. The number of fused-ring (bicyclic) bond motifs is 1. The van der Waals surface area contributed by atoms with Crippen molar-refractivity contribution in [3.63, 3.8) is 0 Å². The second-order valence-corrected chi connectivity index (χ2v) is 3.08. The number of alkyl halides is 1. The van der Waals surface area contributed by atoms with Crippen LogP contribution in [0.15, 0.2) is 34.9 Å². The van der Waals surface area contributed by atoms with Gasteiger partial charge >= 0.3 is 0 Å². The van der Waals surface area contributed by atoms with E-state index in [2.05, 4.69) is 5.32 Å². The van der Waals surface area contributed by atoms with Gasteiger partial charge in [-0.25, -0.2) is 0 Å². The number of nitrogens with one attached hydrogen (secondary N) is 1. The summed E-state index contributed by atoms with van der Waals surface area (Å²) in [7, 11) is 0. The monoisotopic (exact) mass is 195 g/mol. The van der Waals surface area contributed by atoms with Crippen LogP contribution in [0.25, 0.3) is 11.0 Å². The van der Waals surface area contributed by atoms with Crippen molar-refractivity contribution in [2.45, 2.75) is 6.54 Å². The van der Waals surface area contributed by atoms with Crippen molar-refractivity contribution in [2.75, 3.05) is 6.00 Å². The Labute approximate surface area is 81.5 Å². The molecule has 0 saturated heterocycles. The molecule has 0 unspecified atom stereocenters. The van der Waals surface area contributed by atoms with Crippen molar-refractivity contribution < 1.29 is 4.42 Å². The lowest BCUT2D eigenvalue weighted by atomic mass is 10.2. The Morgan fingerprint density at radius 1 is 1.31 bits per heavy atom. The Kier molecular flexibility index (Phi) is 2.52. The Balaban J connectivity index is 2.35. The molecule has 0 saturated carbocycles. The average molecular weight is 196 g/mol. The summed E-state index contributed by atoms with van der Waals surface area (Å²) >= 11 is 5.53. The summed E-state index contributed by atoms with van der Waals surface area (Å²) in [6.45, 7) is 0.751. The fourth-order valence-corrected chi connectivity index (χ4v) is 1.45. The molecule has 0 fully saturated rings. The van der Waals surface area contributed by atoms with Gasteiger partial charge in [-0.15, -0.1) is 11.6 Å². The first kappa shape index (κ1) is 8.60. The van der Waals surface area contributed by atoms with E-state index in [1.165, 1.54) is 0 Å². The number of benzene rings is 1. The standard InChI is InChI=1S/C10H10ClNO/c11-7-12-5-8-6-13-10-4-2-1-3-9(8)10/h1-4,6,12H,5,7H2. The summed E-state index contributed by atoms with van der Waals surface area (Å²) in [5, 5.41) is 4.20. The molecule has 0 amide bonds. The molecule has 1 aromatic heterocycles. The van der Waals surface area contributed by atoms with Crippen LogP contribution in [0.1, 0.15) is 5.56 Å². The molecule has 1 N–H and O–H groups in total. The first-order chi connectivity index (χ1) is 6.42. The lowest BCUT2D eigenvalue weighted by Crippen LogP contribution is -2.09. The molecule has 13 heavy (non-hydrogen) atoms. The number of rotatable bonds is 3. The third kappa shape index (κ3) is 1.69. The van der Waals surface area contributed by atoms with E-state index in [1.807, 2.05) is 24.3 Å². The summed E-state index contributed by atoms with van der Waals surface area (Å²) in [5.74, 6) is 0. The zero-order chi connectivity index (χ0) is 9.10. The molecule has 0 aliphatic carbocycles. The van der Waals surface area contributed by atoms with E-state index in [9.17, 15) is 0 Å². The quantitative estimate of drug-likeness (QED) is 0.602. The number of hydrogen-bond acceptors (Lipinski definition) is 2. The lowest BCUT2D eigenvalue weighted by Gasteiger charge is -1.96. The van der Waals surface area contributed by atoms with Gasteiger partial charge in [-0.05, 0) is 6.07 Å². The summed E-state index contributed by atoms with van der Waals surface area (Å²) in [6.07, 6.45) is 1.77. The molecule has 2 nitrogen and oxygen atoms in total. The third-order valence-electron chi connectivity index (χ3n) is 1.97. The Bertz CT molecular complexity index is 396. The number of halogens is 1. The number of furan rings is 1. The van der Waals surface area contributed by atoms with Crippen LogP contribution in [0.4, 0.5) is 0 Å². The predicted molar refractivity (Wildman–Crippen MR) is 53.8 cm³/mol. The Hall–Kier alpha value is -0.990. The number of para-hydroxylation sites is 1. The van der Waals surface area contributed by atoms with E-state index in [0.29, 0.717) is 6.00 Å². The van der Waals surface area contributed by atoms with Crippen molar-refractivity contribution in [3.8, 4) is 0 Å².